The molecule has 124 valence electrons. The molecule has 24 heavy (non-hydrogen) atoms. The van der Waals surface area contributed by atoms with Crippen molar-refractivity contribution in [1.29, 1.82) is 0 Å². The third kappa shape index (κ3) is 3.43. The predicted molar refractivity (Wildman–Crippen MR) is 95.7 cm³/mol. The van der Waals surface area contributed by atoms with Gasteiger partial charge in [-0.3, -0.25) is 4.79 Å². The van der Waals surface area contributed by atoms with Crippen LogP contribution >= 0.6 is 0 Å². The molecule has 1 aliphatic rings. The summed E-state index contributed by atoms with van der Waals surface area (Å²) in [4.78, 5) is 12.2. The number of para-hydroxylation sites is 1. The van der Waals surface area contributed by atoms with Gasteiger partial charge in [0.25, 0.3) is 0 Å². The molecule has 2 aromatic rings. The molecule has 1 N–H and O–H groups in total. The van der Waals surface area contributed by atoms with Crippen LogP contribution < -0.4 is 14.8 Å². The first-order chi connectivity index (χ1) is 11.7. The van der Waals surface area contributed by atoms with Gasteiger partial charge in [0, 0.05) is 17.3 Å². The Kier molecular flexibility index (Phi) is 4.85. The fourth-order valence-corrected chi connectivity index (χ4v) is 3.04. The van der Waals surface area contributed by atoms with Crippen LogP contribution in [0.3, 0.4) is 0 Å². The van der Waals surface area contributed by atoms with Crippen molar-refractivity contribution in [2.75, 3.05) is 19.5 Å². The fraction of sp³-hybridized carbons (Fsp3) is 0.250. The molecule has 0 fully saturated rings. The number of ether oxygens (including phenoxy) is 2. The minimum Gasteiger partial charge on any atom is -0.493 e. The highest BCUT2D eigenvalue weighted by molar-refractivity contribution is 6.02. The van der Waals surface area contributed by atoms with Crippen molar-refractivity contribution in [3.8, 4) is 11.5 Å². The number of rotatable bonds is 5. The number of hydrogen-bond acceptors (Lipinski definition) is 3. The molecule has 1 aliphatic carbocycles. The first-order valence-electron chi connectivity index (χ1n) is 8.03. The molecule has 4 heteroatoms. The minimum atomic E-state index is -0.169. The number of nitrogens with one attached hydrogen (secondary N) is 1. The number of amides is 1. The van der Waals surface area contributed by atoms with Crippen LogP contribution in [0.1, 0.15) is 23.1 Å². The van der Waals surface area contributed by atoms with Gasteiger partial charge in [0.05, 0.1) is 14.2 Å². The smallest absolute Gasteiger partial charge is 0.248 e. The van der Waals surface area contributed by atoms with Crippen LogP contribution in [0.15, 0.2) is 42.5 Å². The number of carbonyl (C=O) groups excluding carboxylic acids is 1. The van der Waals surface area contributed by atoms with Crippen molar-refractivity contribution < 1.29 is 14.3 Å². The van der Waals surface area contributed by atoms with Gasteiger partial charge < -0.3 is 14.8 Å². The van der Waals surface area contributed by atoms with Gasteiger partial charge in [0.2, 0.25) is 5.91 Å². The summed E-state index contributed by atoms with van der Waals surface area (Å²) in [6, 6.07) is 11.7. The predicted octanol–water partition coefficient (Wildman–Crippen LogP) is 3.84. The van der Waals surface area contributed by atoms with E-state index < -0.39 is 0 Å². The van der Waals surface area contributed by atoms with Crippen LogP contribution in [0, 0.1) is 0 Å². The van der Waals surface area contributed by atoms with Crippen LogP contribution in [0.2, 0.25) is 0 Å². The second-order valence-corrected chi connectivity index (χ2v) is 5.74. The number of carbonyl (C=O) groups is 1. The molecule has 3 rings (SSSR count). The van der Waals surface area contributed by atoms with Crippen LogP contribution in [0.25, 0.3) is 6.08 Å². The zero-order valence-electron chi connectivity index (χ0n) is 14.0. The summed E-state index contributed by atoms with van der Waals surface area (Å²) in [6.07, 6.45) is 6.66. The van der Waals surface area contributed by atoms with Gasteiger partial charge in [-0.1, -0.05) is 18.2 Å². The van der Waals surface area contributed by atoms with Gasteiger partial charge in [-0.25, -0.2) is 0 Å². The molecule has 1 amide bonds. The second kappa shape index (κ2) is 7.21. The SMILES string of the molecule is COc1cccc(/C=C/C(=O)Nc2ccc3c(c2)CCC3)c1OC. The average molecular weight is 323 g/mol. The Bertz CT molecular complexity index is 780. The van der Waals surface area contributed by atoms with Gasteiger partial charge >= 0.3 is 0 Å². The van der Waals surface area contributed by atoms with Crippen LogP contribution in [0.5, 0.6) is 11.5 Å². The van der Waals surface area contributed by atoms with E-state index in [2.05, 4.69) is 17.4 Å². The fourth-order valence-electron chi connectivity index (χ4n) is 3.04. The molecular formula is C20H21NO3. The summed E-state index contributed by atoms with van der Waals surface area (Å²) in [5.41, 5.74) is 4.36. The minimum absolute atomic E-state index is 0.169. The summed E-state index contributed by atoms with van der Waals surface area (Å²) in [7, 11) is 3.17. The lowest BCUT2D eigenvalue weighted by Gasteiger charge is -2.10. The monoisotopic (exact) mass is 323 g/mol. The molecular weight excluding hydrogens is 302 g/mol. The highest BCUT2D eigenvalue weighted by atomic mass is 16.5. The van der Waals surface area contributed by atoms with E-state index >= 15 is 0 Å². The van der Waals surface area contributed by atoms with Crippen LogP contribution in [-0.2, 0) is 17.6 Å². The van der Waals surface area contributed by atoms with Crippen molar-refractivity contribution in [2.24, 2.45) is 0 Å². The summed E-state index contributed by atoms with van der Waals surface area (Å²) in [6.45, 7) is 0. The molecule has 0 saturated heterocycles. The molecule has 0 atom stereocenters. The first kappa shape index (κ1) is 16.1. The van der Waals surface area contributed by atoms with Crippen LogP contribution in [0.4, 0.5) is 5.69 Å². The Labute approximate surface area is 142 Å². The van der Waals surface area contributed by atoms with E-state index in [-0.39, 0.29) is 5.91 Å². The number of fused-ring (bicyclic) bond motifs is 1. The molecule has 0 aliphatic heterocycles. The maximum absolute atomic E-state index is 12.2. The Morgan fingerprint density at radius 1 is 1.08 bits per heavy atom. The van der Waals surface area contributed by atoms with E-state index in [1.54, 1.807) is 20.3 Å². The van der Waals surface area contributed by atoms with E-state index in [1.165, 1.54) is 23.6 Å². The zero-order valence-corrected chi connectivity index (χ0v) is 14.0. The summed E-state index contributed by atoms with van der Waals surface area (Å²) >= 11 is 0. The van der Waals surface area contributed by atoms with E-state index in [1.807, 2.05) is 24.3 Å². The molecule has 2 aromatic carbocycles. The molecule has 0 unspecified atom stereocenters. The topological polar surface area (TPSA) is 47.6 Å². The normalized spacial score (nSPS) is 12.9. The van der Waals surface area contributed by atoms with Crippen molar-refractivity contribution >= 4 is 17.7 Å². The Morgan fingerprint density at radius 3 is 2.71 bits per heavy atom. The van der Waals surface area contributed by atoms with E-state index in [0.29, 0.717) is 11.5 Å². The van der Waals surface area contributed by atoms with Gasteiger partial charge in [-0.2, -0.15) is 0 Å². The highest BCUT2D eigenvalue weighted by Gasteiger charge is 2.11. The highest BCUT2D eigenvalue weighted by Crippen LogP contribution is 2.31. The Morgan fingerprint density at radius 2 is 1.92 bits per heavy atom. The van der Waals surface area contributed by atoms with Crippen molar-refractivity contribution in [2.45, 2.75) is 19.3 Å². The number of benzene rings is 2. The maximum Gasteiger partial charge on any atom is 0.248 e. The standard InChI is InChI=1S/C20H21NO3/c1-23-18-8-4-6-15(20(18)24-2)10-12-19(22)21-17-11-9-14-5-3-7-16(14)13-17/h4,6,8-13H,3,5,7H2,1-2H3,(H,21,22)/b12-10+. The third-order valence-corrected chi connectivity index (χ3v) is 4.21. The zero-order chi connectivity index (χ0) is 16.9. The number of methoxy groups -OCH3 is 2. The maximum atomic E-state index is 12.2. The Hall–Kier alpha value is -2.75. The Balaban J connectivity index is 1.72. The second-order valence-electron chi connectivity index (χ2n) is 5.74. The molecule has 0 bridgehead atoms. The van der Waals surface area contributed by atoms with E-state index in [4.69, 9.17) is 9.47 Å². The lowest BCUT2D eigenvalue weighted by atomic mass is 10.1. The molecule has 4 nitrogen and oxygen atoms in total. The lowest BCUT2D eigenvalue weighted by molar-refractivity contribution is -0.111. The largest absolute Gasteiger partial charge is 0.493 e. The van der Waals surface area contributed by atoms with Crippen molar-refractivity contribution in [3.05, 3.63) is 59.2 Å². The lowest BCUT2D eigenvalue weighted by Crippen LogP contribution is -2.08. The van der Waals surface area contributed by atoms with Crippen molar-refractivity contribution in [1.82, 2.24) is 0 Å². The van der Waals surface area contributed by atoms with E-state index in [9.17, 15) is 4.79 Å². The number of hydrogen-bond donors (Lipinski definition) is 1. The van der Waals surface area contributed by atoms with Crippen LogP contribution in [-0.4, -0.2) is 20.1 Å². The molecule has 0 aromatic heterocycles. The number of aryl methyl sites for hydroxylation is 2. The quantitative estimate of drug-likeness (QED) is 0.850. The van der Waals surface area contributed by atoms with Gasteiger partial charge in [0.1, 0.15) is 0 Å². The van der Waals surface area contributed by atoms with Gasteiger partial charge in [-0.15, -0.1) is 0 Å². The van der Waals surface area contributed by atoms with E-state index in [0.717, 1.165) is 24.1 Å². The summed E-state index contributed by atoms with van der Waals surface area (Å²) in [5.74, 6) is 1.08. The van der Waals surface area contributed by atoms with Crippen molar-refractivity contribution in [3.63, 3.8) is 0 Å². The summed E-state index contributed by atoms with van der Waals surface area (Å²) in [5, 5.41) is 2.91. The van der Waals surface area contributed by atoms with Gasteiger partial charge in [-0.05, 0) is 54.7 Å². The third-order valence-electron chi connectivity index (χ3n) is 4.21. The van der Waals surface area contributed by atoms with Gasteiger partial charge in [0.15, 0.2) is 11.5 Å². The molecule has 0 spiro atoms. The molecule has 0 saturated carbocycles. The molecule has 0 radical (unpaired) electrons. The first-order valence-corrected chi connectivity index (χ1v) is 8.03. The summed E-state index contributed by atoms with van der Waals surface area (Å²) < 4.78 is 10.6. The molecule has 0 heterocycles. The average Bonchev–Trinajstić information content (AvgIpc) is 3.07. The number of anilines is 1.